The molecule has 1 amide bonds. The largest absolute Gasteiger partial charge is 0.507 e. The summed E-state index contributed by atoms with van der Waals surface area (Å²) in [6.07, 6.45) is 0. The van der Waals surface area contributed by atoms with Crippen molar-refractivity contribution in [2.24, 2.45) is 0 Å². The van der Waals surface area contributed by atoms with Gasteiger partial charge in [-0.15, -0.1) is 10.2 Å². The summed E-state index contributed by atoms with van der Waals surface area (Å²) in [6.45, 7) is 0.294. The van der Waals surface area contributed by atoms with E-state index in [-0.39, 0.29) is 11.7 Å². The van der Waals surface area contributed by atoms with Crippen LogP contribution in [0.4, 0.5) is 0 Å². The predicted octanol–water partition coefficient (Wildman–Crippen LogP) is 2.49. The van der Waals surface area contributed by atoms with E-state index in [1.807, 2.05) is 24.3 Å². The van der Waals surface area contributed by atoms with Gasteiger partial charge in [0.2, 0.25) is 4.96 Å². The number of aromatic nitrogens is 4. The Labute approximate surface area is 146 Å². The number of hydrogen-bond acceptors (Lipinski definition) is 6. The van der Waals surface area contributed by atoms with Crippen LogP contribution in [0.3, 0.4) is 0 Å². The zero-order valence-corrected chi connectivity index (χ0v) is 13.8. The van der Waals surface area contributed by atoms with Crippen LogP contribution in [0.5, 0.6) is 5.75 Å². The van der Waals surface area contributed by atoms with E-state index in [4.69, 9.17) is 0 Å². The van der Waals surface area contributed by atoms with Crippen LogP contribution in [-0.4, -0.2) is 30.8 Å². The average Bonchev–Trinajstić information content (AvgIpc) is 3.21. The zero-order valence-electron chi connectivity index (χ0n) is 13.0. The molecule has 0 aliphatic rings. The molecule has 2 aromatic heterocycles. The first kappa shape index (κ1) is 15.3. The van der Waals surface area contributed by atoms with Crippen molar-refractivity contribution in [3.05, 3.63) is 65.2 Å². The molecule has 0 saturated carbocycles. The smallest absolute Gasteiger partial charge is 0.251 e. The molecule has 2 aromatic carbocycles. The Balaban J connectivity index is 1.56. The number of amides is 1. The van der Waals surface area contributed by atoms with Crippen LogP contribution in [0, 0.1) is 0 Å². The lowest BCUT2D eigenvalue weighted by Crippen LogP contribution is -2.22. The highest BCUT2D eigenvalue weighted by Gasteiger charge is 2.16. The summed E-state index contributed by atoms with van der Waals surface area (Å²) >= 11 is 1.34. The van der Waals surface area contributed by atoms with Crippen LogP contribution in [-0.2, 0) is 6.54 Å². The second-order valence-electron chi connectivity index (χ2n) is 5.28. The highest BCUT2D eigenvalue weighted by Crippen LogP contribution is 2.28. The molecule has 0 aliphatic carbocycles. The molecule has 0 bridgehead atoms. The number of rotatable bonds is 4. The Bertz CT molecular complexity index is 1040. The SMILES string of the molecule is O=C(NCc1nn2c(-c3ccccc3O)nnc2s1)c1ccccc1. The van der Waals surface area contributed by atoms with Gasteiger partial charge in [0.25, 0.3) is 5.91 Å². The number of phenolic OH excluding ortho intramolecular Hbond substituents is 1. The highest BCUT2D eigenvalue weighted by molar-refractivity contribution is 7.16. The summed E-state index contributed by atoms with van der Waals surface area (Å²) in [6, 6.07) is 15.9. The molecule has 0 atom stereocenters. The Hall–Kier alpha value is -3.26. The van der Waals surface area contributed by atoms with Crippen molar-refractivity contribution in [2.75, 3.05) is 0 Å². The van der Waals surface area contributed by atoms with Gasteiger partial charge in [-0.1, -0.05) is 41.7 Å². The molecule has 0 spiro atoms. The number of carbonyl (C=O) groups excluding carboxylic acids is 1. The van der Waals surface area contributed by atoms with E-state index in [1.165, 1.54) is 11.3 Å². The molecule has 0 fully saturated rings. The number of fused-ring (bicyclic) bond motifs is 1. The maximum Gasteiger partial charge on any atom is 0.251 e. The van der Waals surface area contributed by atoms with Crippen LogP contribution < -0.4 is 5.32 Å². The van der Waals surface area contributed by atoms with Crippen molar-refractivity contribution in [2.45, 2.75) is 6.54 Å². The Morgan fingerprint density at radius 2 is 1.84 bits per heavy atom. The van der Waals surface area contributed by atoms with Gasteiger partial charge < -0.3 is 10.4 Å². The van der Waals surface area contributed by atoms with Gasteiger partial charge in [0, 0.05) is 5.56 Å². The Morgan fingerprint density at radius 1 is 1.08 bits per heavy atom. The standard InChI is InChI=1S/C17H13N5O2S/c23-13-9-5-4-8-12(13)15-19-20-17-22(15)21-14(25-17)10-18-16(24)11-6-2-1-3-7-11/h1-9,23H,10H2,(H,18,24). The van der Waals surface area contributed by atoms with Gasteiger partial charge in [-0.3, -0.25) is 4.79 Å². The summed E-state index contributed by atoms with van der Waals surface area (Å²) < 4.78 is 1.57. The molecule has 0 saturated heterocycles. The molecule has 0 aliphatic heterocycles. The van der Waals surface area contributed by atoms with Gasteiger partial charge in [-0.05, 0) is 24.3 Å². The van der Waals surface area contributed by atoms with E-state index >= 15 is 0 Å². The summed E-state index contributed by atoms with van der Waals surface area (Å²) in [5.41, 5.74) is 1.15. The van der Waals surface area contributed by atoms with Crippen molar-refractivity contribution in [1.82, 2.24) is 25.1 Å². The van der Waals surface area contributed by atoms with Crippen molar-refractivity contribution >= 4 is 22.2 Å². The summed E-state index contributed by atoms with van der Waals surface area (Å²) in [4.78, 5) is 12.7. The lowest BCUT2D eigenvalue weighted by Gasteiger charge is -2.02. The van der Waals surface area contributed by atoms with Crippen molar-refractivity contribution in [1.29, 1.82) is 0 Å². The fraction of sp³-hybridized carbons (Fsp3) is 0.0588. The normalized spacial score (nSPS) is 10.9. The molecule has 4 aromatic rings. The molecular formula is C17H13N5O2S. The number of nitrogens with zero attached hydrogens (tertiary/aromatic N) is 4. The maximum atomic E-state index is 12.1. The number of para-hydroxylation sites is 1. The lowest BCUT2D eigenvalue weighted by atomic mass is 10.2. The minimum Gasteiger partial charge on any atom is -0.507 e. The van der Waals surface area contributed by atoms with Gasteiger partial charge in [-0.25, -0.2) is 0 Å². The Morgan fingerprint density at radius 3 is 2.64 bits per heavy atom. The maximum absolute atomic E-state index is 12.1. The molecule has 2 N–H and O–H groups in total. The summed E-state index contributed by atoms with van der Waals surface area (Å²) in [5, 5.41) is 26.1. The van der Waals surface area contributed by atoms with Crippen LogP contribution in [0.25, 0.3) is 16.3 Å². The van der Waals surface area contributed by atoms with E-state index in [0.717, 1.165) is 0 Å². The van der Waals surface area contributed by atoms with Crippen molar-refractivity contribution < 1.29 is 9.90 Å². The second kappa shape index (κ2) is 6.33. The van der Waals surface area contributed by atoms with E-state index in [1.54, 1.807) is 34.8 Å². The van der Waals surface area contributed by atoms with Crippen LogP contribution in [0.15, 0.2) is 54.6 Å². The number of hydrogen-bond donors (Lipinski definition) is 2. The zero-order chi connectivity index (χ0) is 17.2. The van der Waals surface area contributed by atoms with Gasteiger partial charge in [0.05, 0.1) is 12.1 Å². The fourth-order valence-corrected chi connectivity index (χ4v) is 3.18. The predicted molar refractivity (Wildman–Crippen MR) is 93.4 cm³/mol. The number of phenols is 1. The molecule has 2 heterocycles. The average molecular weight is 351 g/mol. The van der Waals surface area contributed by atoms with E-state index in [9.17, 15) is 9.90 Å². The molecule has 4 rings (SSSR count). The number of carbonyl (C=O) groups is 1. The van der Waals surface area contributed by atoms with Crippen LogP contribution >= 0.6 is 11.3 Å². The quantitative estimate of drug-likeness (QED) is 0.589. The molecule has 7 nitrogen and oxygen atoms in total. The molecule has 0 unspecified atom stereocenters. The second-order valence-corrected chi connectivity index (χ2v) is 6.32. The third kappa shape index (κ3) is 2.94. The lowest BCUT2D eigenvalue weighted by molar-refractivity contribution is 0.0951. The topological polar surface area (TPSA) is 92.4 Å². The summed E-state index contributed by atoms with van der Waals surface area (Å²) in [7, 11) is 0. The molecule has 8 heteroatoms. The van der Waals surface area contributed by atoms with Crippen molar-refractivity contribution in [3.63, 3.8) is 0 Å². The fourth-order valence-electron chi connectivity index (χ4n) is 2.41. The van der Waals surface area contributed by atoms with Gasteiger partial charge in [0.15, 0.2) is 5.82 Å². The van der Waals surface area contributed by atoms with Gasteiger partial charge in [-0.2, -0.15) is 9.61 Å². The first-order valence-electron chi connectivity index (χ1n) is 7.55. The molecular weight excluding hydrogens is 338 g/mol. The summed E-state index contributed by atoms with van der Waals surface area (Å²) in [5.74, 6) is 0.418. The van der Waals surface area contributed by atoms with Crippen LogP contribution in [0.1, 0.15) is 15.4 Å². The number of benzene rings is 2. The third-order valence-corrected chi connectivity index (χ3v) is 4.51. The Kier molecular flexibility index (Phi) is 3.87. The van der Waals surface area contributed by atoms with Gasteiger partial charge >= 0.3 is 0 Å². The van der Waals surface area contributed by atoms with E-state index in [2.05, 4.69) is 20.6 Å². The first-order chi connectivity index (χ1) is 12.2. The number of aromatic hydroxyl groups is 1. The first-order valence-corrected chi connectivity index (χ1v) is 8.37. The van der Waals surface area contributed by atoms with E-state index in [0.29, 0.717) is 33.5 Å². The highest BCUT2D eigenvalue weighted by atomic mass is 32.1. The number of nitrogens with one attached hydrogen (secondary N) is 1. The van der Waals surface area contributed by atoms with E-state index < -0.39 is 0 Å². The monoisotopic (exact) mass is 351 g/mol. The molecule has 25 heavy (non-hydrogen) atoms. The minimum absolute atomic E-state index is 0.115. The van der Waals surface area contributed by atoms with Crippen molar-refractivity contribution in [3.8, 4) is 17.1 Å². The molecule has 124 valence electrons. The van der Waals surface area contributed by atoms with Gasteiger partial charge in [0.1, 0.15) is 10.8 Å². The minimum atomic E-state index is -0.160. The third-order valence-electron chi connectivity index (χ3n) is 3.61. The molecule has 0 radical (unpaired) electrons. The van der Waals surface area contributed by atoms with Crippen LogP contribution in [0.2, 0.25) is 0 Å².